The van der Waals surface area contributed by atoms with E-state index in [1.54, 1.807) is 0 Å². The standard InChI is InChI=1S/C13H27NS/c1-2-6-13(11-14-9-10-15)12-7-4-3-5-8-12/h12-15H,2-11H2,1H3/t13-/m0/s1. The molecule has 2 heteroatoms. The Hall–Kier alpha value is 0.310. The van der Waals surface area contributed by atoms with Crippen LogP contribution in [-0.4, -0.2) is 18.8 Å². The summed E-state index contributed by atoms with van der Waals surface area (Å²) in [7, 11) is 0. The van der Waals surface area contributed by atoms with Crippen molar-refractivity contribution in [3.63, 3.8) is 0 Å². The Morgan fingerprint density at radius 3 is 2.60 bits per heavy atom. The fraction of sp³-hybridized carbons (Fsp3) is 1.00. The van der Waals surface area contributed by atoms with E-state index in [9.17, 15) is 0 Å². The summed E-state index contributed by atoms with van der Waals surface area (Å²) < 4.78 is 0. The predicted octanol–water partition coefficient (Wildman–Crippen LogP) is 3.50. The largest absolute Gasteiger partial charge is 0.316 e. The summed E-state index contributed by atoms with van der Waals surface area (Å²) in [5.41, 5.74) is 0. The van der Waals surface area contributed by atoms with Gasteiger partial charge in [0, 0.05) is 12.3 Å². The van der Waals surface area contributed by atoms with Crippen molar-refractivity contribution in [3.8, 4) is 0 Å². The van der Waals surface area contributed by atoms with Gasteiger partial charge in [-0.15, -0.1) is 0 Å². The van der Waals surface area contributed by atoms with Crippen LogP contribution in [0.1, 0.15) is 51.9 Å². The first-order valence-electron chi connectivity index (χ1n) is 6.70. The third kappa shape index (κ3) is 5.26. The van der Waals surface area contributed by atoms with Crippen LogP contribution in [-0.2, 0) is 0 Å². The molecule has 1 fully saturated rings. The lowest BCUT2D eigenvalue weighted by molar-refractivity contribution is 0.229. The van der Waals surface area contributed by atoms with Crippen molar-refractivity contribution in [1.29, 1.82) is 0 Å². The third-order valence-corrected chi connectivity index (χ3v) is 3.89. The second kappa shape index (κ2) is 8.46. The maximum absolute atomic E-state index is 4.24. The van der Waals surface area contributed by atoms with Crippen molar-refractivity contribution >= 4 is 12.6 Å². The van der Waals surface area contributed by atoms with Crippen LogP contribution in [0.3, 0.4) is 0 Å². The average Bonchev–Trinajstić information content (AvgIpc) is 2.29. The Balaban J connectivity index is 2.26. The normalized spacial score (nSPS) is 20.4. The lowest BCUT2D eigenvalue weighted by atomic mass is 9.78. The van der Waals surface area contributed by atoms with Gasteiger partial charge in [0.05, 0.1) is 0 Å². The van der Waals surface area contributed by atoms with E-state index < -0.39 is 0 Å². The highest BCUT2D eigenvalue weighted by molar-refractivity contribution is 7.80. The lowest BCUT2D eigenvalue weighted by Gasteiger charge is -2.30. The molecule has 1 aliphatic carbocycles. The molecule has 0 bridgehead atoms. The third-order valence-electron chi connectivity index (χ3n) is 3.67. The van der Waals surface area contributed by atoms with Gasteiger partial charge in [-0.2, -0.15) is 12.6 Å². The van der Waals surface area contributed by atoms with Crippen molar-refractivity contribution in [2.24, 2.45) is 11.8 Å². The lowest BCUT2D eigenvalue weighted by Crippen LogP contribution is -2.30. The minimum atomic E-state index is 0.926. The number of thiol groups is 1. The first-order chi connectivity index (χ1) is 7.38. The molecular formula is C13H27NS. The van der Waals surface area contributed by atoms with Crippen LogP contribution in [0.2, 0.25) is 0 Å². The topological polar surface area (TPSA) is 12.0 Å². The van der Waals surface area contributed by atoms with E-state index >= 15 is 0 Å². The summed E-state index contributed by atoms with van der Waals surface area (Å²) in [4.78, 5) is 0. The van der Waals surface area contributed by atoms with Gasteiger partial charge in [0.25, 0.3) is 0 Å². The zero-order valence-corrected chi connectivity index (χ0v) is 11.1. The van der Waals surface area contributed by atoms with Crippen molar-refractivity contribution in [2.75, 3.05) is 18.8 Å². The Kier molecular flexibility index (Phi) is 7.54. The van der Waals surface area contributed by atoms with Gasteiger partial charge in [0.15, 0.2) is 0 Å². The molecular weight excluding hydrogens is 202 g/mol. The molecule has 0 aromatic heterocycles. The van der Waals surface area contributed by atoms with Crippen LogP contribution < -0.4 is 5.32 Å². The maximum atomic E-state index is 4.24. The number of nitrogens with one attached hydrogen (secondary N) is 1. The van der Waals surface area contributed by atoms with E-state index in [-0.39, 0.29) is 0 Å². The fourth-order valence-corrected chi connectivity index (χ4v) is 3.01. The van der Waals surface area contributed by atoms with E-state index in [1.807, 2.05) is 0 Å². The Labute approximate surface area is 101 Å². The van der Waals surface area contributed by atoms with Gasteiger partial charge < -0.3 is 5.32 Å². The highest BCUT2D eigenvalue weighted by atomic mass is 32.1. The molecule has 0 aromatic carbocycles. The smallest absolute Gasteiger partial charge is 0.00398 e. The second-order valence-electron chi connectivity index (χ2n) is 4.87. The van der Waals surface area contributed by atoms with Gasteiger partial charge in [-0.3, -0.25) is 0 Å². The molecule has 0 heterocycles. The van der Waals surface area contributed by atoms with E-state index in [4.69, 9.17) is 0 Å². The Morgan fingerprint density at radius 1 is 1.27 bits per heavy atom. The van der Waals surface area contributed by atoms with Gasteiger partial charge in [-0.05, 0) is 24.8 Å². The van der Waals surface area contributed by atoms with Crippen molar-refractivity contribution in [3.05, 3.63) is 0 Å². The van der Waals surface area contributed by atoms with E-state index in [0.29, 0.717) is 0 Å². The summed E-state index contributed by atoms with van der Waals surface area (Å²) in [6.07, 6.45) is 10.1. The van der Waals surface area contributed by atoms with Crippen molar-refractivity contribution < 1.29 is 0 Å². The summed E-state index contributed by atoms with van der Waals surface area (Å²) >= 11 is 4.24. The molecule has 0 amide bonds. The fourth-order valence-electron chi connectivity index (χ4n) is 2.85. The van der Waals surface area contributed by atoms with E-state index in [2.05, 4.69) is 24.9 Å². The summed E-state index contributed by atoms with van der Waals surface area (Å²) in [6, 6.07) is 0. The maximum Gasteiger partial charge on any atom is 0.00398 e. The molecule has 1 atom stereocenters. The monoisotopic (exact) mass is 229 g/mol. The SMILES string of the molecule is CCC[C@@H](CNCCS)C1CCCCC1. The van der Waals surface area contributed by atoms with Gasteiger partial charge in [0.2, 0.25) is 0 Å². The second-order valence-corrected chi connectivity index (χ2v) is 5.32. The summed E-state index contributed by atoms with van der Waals surface area (Å²) in [6.45, 7) is 4.60. The molecule has 15 heavy (non-hydrogen) atoms. The first-order valence-corrected chi connectivity index (χ1v) is 7.33. The molecule has 0 radical (unpaired) electrons. The molecule has 0 saturated heterocycles. The molecule has 0 spiro atoms. The quantitative estimate of drug-likeness (QED) is 0.503. The summed E-state index contributed by atoms with van der Waals surface area (Å²) in [5, 5.41) is 3.54. The van der Waals surface area contributed by atoms with Crippen LogP contribution in [0.4, 0.5) is 0 Å². The van der Waals surface area contributed by atoms with E-state index in [1.165, 1.54) is 51.5 Å². The molecule has 1 N–H and O–H groups in total. The number of rotatable bonds is 7. The molecule has 90 valence electrons. The number of hydrogen-bond donors (Lipinski definition) is 2. The van der Waals surface area contributed by atoms with Gasteiger partial charge in [-0.25, -0.2) is 0 Å². The molecule has 0 unspecified atom stereocenters. The molecule has 1 aliphatic rings. The van der Waals surface area contributed by atoms with Crippen LogP contribution >= 0.6 is 12.6 Å². The minimum absolute atomic E-state index is 0.926. The zero-order valence-electron chi connectivity index (χ0n) is 10.2. The van der Waals surface area contributed by atoms with Crippen molar-refractivity contribution in [1.82, 2.24) is 5.32 Å². The first kappa shape index (κ1) is 13.4. The molecule has 1 rings (SSSR count). The van der Waals surface area contributed by atoms with Gasteiger partial charge in [0.1, 0.15) is 0 Å². The van der Waals surface area contributed by atoms with Gasteiger partial charge in [-0.1, -0.05) is 45.4 Å². The van der Waals surface area contributed by atoms with Crippen LogP contribution in [0, 0.1) is 11.8 Å². The highest BCUT2D eigenvalue weighted by Crippen LogP contribution is 2.31. The molecule has 1 nitrogen and oxygen atoms in total. The average molecular weight is 229 g/mol. The van der Waals surface area contributed by atoms with Crippen molar-refractivity contribution in [2.45, 2.75) is 51.9 Å². The van der Waals surface area contributed by atoms with Crippen LogP contribution in [0.25, 0.3) is 0 Å². The van der Waals surface area contributed by atoms with Crippen LogP contribution in [0.5, 0.6) is 0 Å². The van der Waals surface area contributed by atoms with E-state index in [0.717, 1.165) is 24.1 Å². The Morgan fingerprint density at radius 2 is 2.00 bits per heavy atom. The van der Waals surface area contributed by atoms with Crippen LogP contribution in [0.15, 0.2) is 0 Å². The highest BCUT2D eigenvalue weighted by Gasteiger charge is 2.22. The zero-order chi connectivity index (χ0) is 10.9. The minimum Gasteiger partial charge on any atom is -0.316 e. The molecule has 0 aromatic rings. The predicted molar refractivity (Wildman–Crippen MR) is 71.7 cm³/mol. The Bertz CT molecular complexity index is 143. The molecule has 1 saturated carbocycles. The summed E-state index contributed by atoms with van der Waals surface area (Å²) in [5.74, 6) is 2.89. The number of hydrogen-bond acceptors (Lipinski definition) is 2. The van der Waals surface area contributed by atoms with Gasteiger partial charge >= 0.3 is 0 Å². The molecule has 0 aliphatic heterocycles.